The van der Waals surface area contributed by atoms with Crippen LogP contribution >= 0.6 is 13.5 Å². The maximum atomic E-state index is 0. The van der Waals surface area contributed by atoms with Gasteiger partial charge in [-0.1, -0.05) is 0 Å². The zero-order chi connectivity index (χ0) is 0. The number of hydrogen-bond donors (Lipinski definition) is 0. The molecular weight excluding hydrogens is 286 g/mol. The van der Waals surface area contributed by atoms with E-state index in [0.717, 1.165) is 0 Å². The minimum absolute atomic E-state index is 0. The molecule has 0 aliphatic rings. The largest absolute Gasteiger partial charge is 2.00 e. The number of hydrogen-bond acceptors (Lipinski definition) is 0. The summed E-state index contributed by atoms with van der Waals surface area (Å²) in [4.78, 5) is 0. The van der Waals surface area contributed by atoms with E-state index in [1.807, 2.05) is 0 Å². The van der Waals surface area contributed by atoms with Gasteiger partial charge < -0.3 is 0 Å². The molecule has 0 aromatic heterocycles. The van der Waals surface area contributed by atoms with Crippen LogP contribution in [0.25, 0.3) is 0 Å². The fourth-order valence-corrected chi connectivity index (χ4v) is 0. The molecule has 0 N–H and O–H groups in total. The molecule has 0 aromatic rings. The van der Waals surface area contributed by atoms with E-state index in [0.29, 0.717) is 0 Å². The van der Waals surface area contributed by atoms with Gasteiger partial charge in [-0.2, -0.15) is 13.5 Å². The Kier molecular flexibility index (Phi) is 335. The molecule has 0 unspecified atom stereocenters. The van der Waals surface area contributed by atoms with Gasteiger partial charge in [-0.15, -0.1) is 0 Å². The van der Waals surface area contributed by atoms with E-state index < -0.39 is 0 Å². The van der Waals surface area contributed by atoms with Crippen molar-refractivity contribution in [2.75, 3.05) is 0 Å². The van der Waals surface area contributed by atoms with Crippen molar-refractivity contribution in [2.45, 2.75) is 0 Å². The minimum atomic E-state index is 0. The molecule has 0 nitrogen and oxygen atoms in total. The summed E-state index contributed by atoms with van der Waals surface area (Å²) >= 11 is 0. The first-order valence-electron chi connectivity index (χ1n) is 0. The quantitative estimate of drug-likeness (QED) is 0.555. The molecule has 5 heteroatoms. The fourth-order valence-electron chi connectivity index (χ4n) is 0. The van der Waals surface area contributed by atoms with Crippen LogP contribution < -0.4 is 0 Å². The zero-order valence-corrected chi connectivity index (χ0v) is 6.47. The molecule has 0 aromatic carbocycles. The van der Waals surface area contributed by atoms with Crippen LogP contribution in [0.4, 0.5) is 0 Å². The zero-order valence-electron chi connectivity index (χ0n) is 1.71. The topological polar surface area (TPSA) is 0 Å². The van der Waals surface area contributed by atoms with Crippen molar-refractivity contribution in [3.8, 4) is 0 Å². The minimum Gasteiger partial charge on any atom is -0.197 e. The normalized spacial score (nSPS) is 0. The standard InChI is InChI=1S/4Cu.H2S/h;;;;1H2/q2*+1;2*+2;. The van der Waals surface area contributed by atoms with Gasteiger partial charge >= 0.3 is 68.3 Å². The van der Waals surface area contributed by atoms with Crippen molar-refractivity contribution in [1.82, 2.24) is 0 Å². The van der Waals surface area contributed by atoms with E-state index in [1.54, 1.807) is 0 Å². The second-order valence-electron chi connectivity index (χ2n) is 0. The molecule has 0 heterocycles. The van der Waals surface area contributed by atoms with Gasteiger partial charge in [-0.05, 0) is 0 Å². The van der Waals surface area contributed by atoms with Crippen molar-refractivity contribution in [3.63, 3.8) is 0 Å². The predicted molar refractivity (Wildman–Crippen MR) is 10.4 cm³/mol. The van der Waals surface area contributed by atoms with Crippen molar-refractivity contribution in [3.05, 3.63) is 0 Å². The first-order chi connectivity index (χ1) is 0. The molecule has 0 amide bonds. The summed E-state index contributed by atoms with van der Waals surface area (Å²) < 4.78 is 0. The van der Waals surface area contributed by atoms with Crippen LogP contribution in [0.2, 0.25) is 0 Å². The molecule has 2 radical (unpaired) electrons. The molecular formula is H2Cu4S+6. The summed E-state index contributed by atoms with van der Waals surface area (Å²) in [7, 11) is 0. The Bertz CT molecular complexity index is 3.61. The summed E-state index contributed by atoms with van der Waals surface area (Å²) in [5.74, 6) is 0. The second-order valence-corrected chi connectivity index (χ2v) is 0. The third kappa shape index (κ3) is 21.4. The SMILES string of the molecule is S.[Cu+2].[Cu+2].[Cu+].[Cu+]. The van der Waals surface area contributed by atoms with Gasteiger partial charge in [0, 0.05) is 0 Å². The molecule has 0 bridgehead atoms. The van der Waals surface area contributed by atoms with E-state index in [2.05, 4.69) is 0 Å². The maximum Gasteiger partial charge on any atom is 2.00 e. The van der Waals surface area contributed by atoms with Crippen molar-refractivity contribution in [1.29, 1.82) is 0 Å². The molecule has 0 aliphatic carbocycles. The fraction of sp³-hybridized carbons (Fsp3) is 0. The van der Waals surface area contributed by atoms with Crippen LogP contribution in [0, 0.1) is 0 Å². The Morgan fingerprint density at radius 2 is 0.600 bits per heavy atom. The monoisotopic (exact) mass is 286 g/mol. The van der Waals surface area contributed by atoms with Crippen LogP contribution in [0.3, 0.4) is 0 Å². The number of rotatable bonds is 0. The molecule has 0 saturated carbocycles. The first-order valence-corrected chi connectivity index (χ1v) is 0. The average Bonchev–Trinajstić information content (AvgIpc) is 0. The summed E-state index contributed by atoms with van der Waals surface area (Å²) in [5, 5.41) is 0. The third-order valence-electron chi connectivity index (χ3n) is 0. The molecule has 0 fully saturated rings. The molecule has 0 saturated heterocycles. The van der Waals surface area contributed by atoms with Gasteiger partial charge in [0.25, 0.3) is 0 Å². The van der Waals surface area contributed by atoms with E-state index in [-0.39, 0.29) is 81.8 Å². The summed E-state index contributed by atoms with van der Waals surface area (Å²) in [6.45, 7) is 0. The first kappa shape index (κ1) is 52.1. The van der Waals surface area contributed by atoms with Crippen LogP contribution in [-0.4, -0.2) is 0 Å². The van der Waals surface area contributed by atoms with Crippen molar-refractivity contribution >= 4 is 13.5 Å². The smallest absolute Gasteiger partial charge is 0.197 e. The predicted octanol–water partition coefficient (Wildman–Crippen LogP) is 0.103. The van der Waals surface area contributed by atoms with Crippen molar-refractivity contribution < 1.29 is 68.3 Å². The summed E-state index contributed by atoms with van der Waals surface area (Å²) in [5.41, 5.74) is 0. The molecule has 46 valence electrons. The molecule has 0 rings (SSSR count). The van der Waals surface area contributed by atoms with Gasteiger partial charge in [0.2, 0.25) is 0 Å². The van der Waals surface area contributed by atoms with E-state index in [4.69, 9.17) is 0 Å². The van der Waals surface area contributed by atoms with Gasteiger partial charge in [-0.25, -0.2) is 0 Å². The average molecular weight is 288 g/mol. The van der Waals surface area contributed by atoms with Gasteiger partial charge in [-0.3, -0.25) is 0 Å². The van der Waals surface area contributed by atoms with Crippen LogP contribution in [-0.2, 0) is 68.3 Å². The molecule has 0 spiro atoms. The Hall–Kier alpha value is 2.43. The maximum absolute atomic E-state index is 0. The van der Waals surface area contributed by atoms with Crippen LogP contribution in [0.1, 0.15) is 0 Å². The Morgan fingerprint density at radius 3 is 0.600 bits per heavy atom. The molecule has 0 atom stereocenters. The molecule has 0 aliphatic heterocycles. The third-order valence-corrected chi connectivity index (χ3v) is 0. The van der Waals surface area contributed by atoms with Crippen molar-refractivity contribution in [2.24, 2.45) is 0 Å². The van der Waals surface area contributed by atoms with Crippen LogP contribution in [0.5, 0.6) is 0 Å². The van der Waals surface area contributed by atoms with Gasteiger partial charge in [0.1, 0.15) is 0 Å². The molecule has 5 heavy (non-hydrogen) atoms. The summed E-state index contributed by atoms with van der Waals surface area (Å²) in [6.07, 6.45) is 0. The Morgan fingerprint density at radius 1 is 0.600 bits per heavy atom. The van der Waals surface area contributed by atoms with E-state index >= 15 is 0 Å². The van der Waals surface area contributed by atoms with E-state index in [9.17, 15) is 0 Å². The van der Waals surface area contributed by atoms with Gasteiger partial charge in [0.05, 0.1) is 0 Å². The Labute approximate surface area is 80.9 Å². The van der Waals surface area contributed by atoms with Gasteiger partial charge in [0.15, 0.2) is 0 Å². The summed E-state index contributed by atoms with van der Waals surface area (Å²) in [6, 6.07) is 0. The van der Waals surface area contributed by atoms with E-state index in [1.165, 1.54) is 0 Å². The second kappa shape index (κ2) is 32.1. The Balaban J connectivity index is 0. The van der Waals surface area contributed by atoms with Crippen LogP contribution in [0.15, 0.2) is 0 Å².